The summed E-state index contributed by atoms with van der Waals surface area (Å²) in [5.74, 6) is 1.57. The lowest BCUT2D eigenvalue weighted by Gasteiger charge is -2.35. The van der Waals surface area contributed by atoms with Crippen LogP contribution in [0.4, 0.5) is 22.2 Å². The Morgan fingerprint density at radius 3 is 2.76 bits per heavy atom. The second-order valence-electron chi connectivity index (χ2n) is 12.5. The number of benzene rings is 1. The number of carboxylic acid groups (broad SMARTS) is 1. The van der Waals surface area contributed by atoms with E-state index in [4.69, 9.17) is 19.9 Å². The van der Waals surface area contributed by atoms with E-state index in [1.807, 2.05) is 52.5 Å². The molecule has 3 N–H and O–H groups in total. The zero-order valence-corrected chi connectivity index (χ0v) is 26.4. The van der Waals surface area contributed by atoms with Crippen molar-refractivity contribution >= 4 is 35.1 Å². The number of pyridine rings is 1. The van der Waals surface area contributed by atoms with Crippen molar-refractivity contribution in [2.24, 2.45) is 0 Å². The quantitative estimate of drug-likeness (QED) is 0.216. The van der Waals surface area contributed by atoms with E-state index in [1.165, 1.54) is 6.42 Å². The highest BCUT2D eigenvalue weighted by atomic mass is 16.5. The maximum absolute atomic E-state index is 13.4. The molecule has 13 heteroatoms. The fourth-order valence-corrected chi connectivity index (χ4v) is 7.20. The summed E-state index contributed by atoms with van der Waals surface area (Å²) < 4.78 is 9.58. The first-order chi connectivity index (χ1) is 22.4. The van der Waals surface area contributed by atoms with Gasteiger partial charge >= 0.3 is 6.09 Å². The van der Waals surface area contributed by atoms with E-state index in [1.54, 1.807) is 12.1 Å². The molecule has 3 aromatic heterocycles. The third kappa shape index (κ3) is 5.86. The van der Waals surface area contributed by atoms with Crippen molar-refractivity contribution in [1.29, 1.82) is 0 Å². The molecule has 3 atom stereocenters. The number of nitrogens with zero attached hydrogens (tertiary/aromatic N) is 7. The average molecular weight is 628 g/mol. The smallest absolute Gasteiger partial charge is 0.409 e. The van der Waals surface area contributed by atoms with Gasteiger partial charge in [0, 0.05) is 66.9 Å². The lowest BCUT2D eigenvalue weighted by Crippen LogP contribution is -2.42. The number of ether oxygens (including phenoxy) is 1. The van der Waals surface area contributed by atoms with Crippen molar-refractivity contribution in [3.05, 3.63) is 53.9 Å². The van der Waals surface area contributed by atoms with Crippen molar-refractivity contribution in [3.63, 3.8) is 0 Å². The molecule has 3 aliphatic rings. The number of hydrogen-bond acceptors (Lipinski definition) is 8. The fourth-order valence-electron chi connectivity index (χ4n) is 7.20. The highest BCUT2D eigenvalue weighted by molar-refractivity contribution is 6.00. The molecule has 2 fully saturated rings. The number of hydrogen-bond donors (Lipinski definition) is 3. The van der Waals surface area contributed by atoms with Gasteiger partial charge in [0.15, 0.2) is 5.65 Å². The first-order valence-electron chi connectivity index (χ1n) is 16.4. The van der Waals surface area contributed by atoms with E-state index in [2.05, 4.69) is 26.7 Å². The molecule has 13 nitrogen and oxygen atoms in total. The molecule has 1 aliphatic carbocycles. The van der Waals surface area contributed by atoms with Crippen LogP contribution in [-0.2, 0) is 11.3 Å². The lowest BCUT2D eigenvalue weighted by molar-refractivity contribution is 0.0160. The van der Waals surface area contributed by atoms with Crippen LogP contribution < -0.4 is 15.5 Å². The maximum Gasteiger partial charge on any atom is 0.409 e. The van der Waals surface area contributed by atoms with Gasteiger partial charge in [0.1, 0.15) is 12.0 Å². The van der Waals surface area contributed by atoms with Crippen LogP contribution in [0.25, 0.3) is 16.8 Å². The van der Waals surface area contributed by atoms with Gasteiger partial charge in [-0.3, -0.25) is 10.1 Å². The topological polar surface area (TPSA) is 142 Å². The summed E-state index contributed by atoms with van der Waals surface area (Å²) in [7, 11) is 0. The summed E-state index contributed by atoms with van der Waals surface area (Å²) in [5, 5.41) is 24.6. The molecule has 2 aliphatic heterocycles. The number of nitrogens with one attached hydrogen (secondary N) is 2. The number of rotatable bonds is 9. The molecule has 1 saturated heterocycles. The molecule has 0 bridgehead atoms. The number of carbonyl (C=O) groups excluding carboxylic acids is 1. The van der Waals surface area contributed by atoms with E-state index in [0.29, 0.717) is 30.4 Å². The van der Waals surface area contributed by atoms with Crippen LogP contribution in [0.5, 0.6) is 0 Å². The summed E-state index contributed by atoms with van der Waals surface area (Å²) in [6.07, 6.45) is 9.79. The highest BCUT2D eigenvalue weighted by Gasteiger charge is 2.36. The first-order valence-corrected chi connectivity index (χ1v) is 16.4. The van der Waals surface area contributed by atoms with Gasteiger partial charge in [0.2, 0.25) is 5.95 Å². The van der Waals surface area contributed by atoms with Gasteiger partial charge in [0.25, 0.3) is 5.91 Å². The summed E-state index contributed by atoms with van der Waals surface area (Å²) in [4.78, 5) is 33.8. The zero-order valence-electron chi connectivity index (χ0n) is 26.4. The van der Waals surface area contributed by atoms with Crippen LogP contribution in [0.2, 0.25) is 0 Å². The minimum atomic E-state index is -1.15. The predicted octanol–water partition coefficient (Wildman–Crippen LogP) is 5.61. The second kappa shape index (κ2) is 12.6. The Kier molecular flexibility index (Phi) is 8.24. The van der Waals surface area contributed by atoms with Gasteiger partial charge in [-0.1, -0.05) is 6.07 Å². The Labute approximate surface area is 267 Å². The summed E-state index contributed by atoms with van der Waals surface area (Å²) in [6, 6.07) is 9.52. The highest BCUT2D eigenvalue weighted by Crippen LogP contribution is 2.36. The third-order valence-corrected chi connectivity index (χ3v) is 9.43. The van der Waals surface area contributed by atoms with Crippen LogP contribution in [0.15, 0.2) is 42.7 Å². The van der Waals surface area contributed by atoms with Crippen molar-refractivity contribution in [1.82, 2.24) is 29.3 Å². The number of anilines is 3. The minimum absolute atomic E-state index is 0.0433. The van der Waals surface area contributed by atoms with E-state index >= 15 is 0 Å². The summed E-state index contributed by atoms with van der Waals surface area (Å²) >= 11 is 0. The van der Waals surface area contributed by atoms with Crippen molar-refractivity contribution in [2.75, 3.05) is 35.2 Å². The van der Waals surface area contributed by atoms with Gasteiger partial charge in [-0.05, 0) is 88.6 Å². The van der Waals surface area contributed by atoms with Crippen LogP contribution in [0, 0.1) is 0 Å². The zero-order chi connectivity index (χ0) is 31.8. The Morgan fingerprint density at radius 2 is 1.96 bits per heavy atom. The molecule has 0 spiro atoms. The molecular formula is C33H41N9O4. The van der Waals surface area contributed by atoms with E-state index in [-0.39, 0.29) is 24.2 Å². The standard InChI is InChI=1S/C33H41N9O4/c1-3-46-21(2)41-20-23(18-34-41)27-12-13-29-37-32(38-42(29)30(27)39-14-5-4-6-15-39)35-24-8-7-9-26(16-24)40-19-22-10-11-25(36-33(44)45)17-28(22)31(40)43/h10-13,17-18,20-21,24,26,36H,3-9,14-16,19H2,1-2H3,(H,35,38)(H,44,45)/t21?,24-,26+/m1/s1. The molecule has 5 heterocycles. The number of piperidine rings is 1. The molecule has 0 radical (unpaired) electrons. The molecule has 4 aromatic rings. The van der Waals surface area contributed by atoms with Gasteiger partial charge in [-0.2, -0.15) is 14.6 Å². The number of amides is 2. The molecule has 1 aromatic carbocycles. The number of carbonyl (C=O) groups is 2. The SMILES string of the molecule is CCOC(C)n1cc(-c2ccc3nc(N[C@@H]4CCC[C@H](N5Cc6ccc(NC(=O)O)cc6C5=O)C4)nn3c2N2CCCCC2)cn1. The first kappa shape index (κ1) is 30.0. The Balaban J connectivity index is 1.12. The minimum Gasteiger partial charge on any atom is -0.465 e. The van der Waals surface area contributed by atoms with E-state index in [9.17, 15) is 9.59 Å². The molecule has 1 unspecified atom stereocenters. The fraction of sp³-hybridized carbons (Fsp3) is 0.485. The molecule has 242 valence electrons. The van der Waals surface area contributed by atoms with Crippen LogP contribution >= 0.6 is 0 Å². The third-order valence-electron chi connectivity index (χ3n) is 9.43. The molecule has 46 heavy (non-hydrogen) atoms. The normalized spacial score (nSPS) is 20.6. The van der Waals surface area contributed by atoms with E-state index < -0.39 is 6.09 Å². The monoisotopic (exact) mass is 627 g/mol. The molecular weight excluding hydrogens is 586 g/mol. The number of aromatic nitrogens is 5. The summed E-state index contributed by atoms with van der Waals surface area (Å²) in [5.41, 5.74) is 4.76. The molecule has 2 amide bonds. The predicted molar refractivity (Wildman–Crippen MR) is 174 cm³/mol. The Morgan fingerprint density at radius 1 is 1.11 bits per heavy atom. The van der Waals surface area contributed by atoms with Gasteiger partial charge < -0.3 is 25.0 Å². The molecule has 1 saturated carbocycles. The van der Waals surface area contributed by atoms with Gasteiger partial charge in [0.05, 0.1) is 6.20 Å². The lowest BCUT2D eigenvalue weighted by atomic mass is 9.90. The van der Waals surface area contributed by atoms with Crippen LogP contribution in [0.1, 0.15) is 80.9 Å². The van der Waals surface area contributed by atoms with Gasteiger partial charge in [-0.25, -0.2) is 9.48 Å². The largest absolute Gasteiger partial charge is 0.465 e. The summed E-state index contributed by atoms with van der Waals surface area (Å²) in [6.45, 7) is 7.05. The van der Waals surface area contributed by atoms with Crippen molar-refractivity contribution < 1.29 is 19.4 Å². The van der Waals surface area contributed by atoms with E-state index in [0.717, 1.165) is 79.8 Å². The molecule has 7 rings (SSSR count). The van der Waals surface area contributed by atoms with Gasteiger partial charge in [-0.15, -0.1) is 5.10 Å². The van der Waals surface area contributed by atoms with Crippen LogP contribution in [0.3, 0.4) is 0 Å². The van der Waals surface area contributed by atoms with Crippen molar-refractivity contribution in [2.45, 2.75) is 83.6 Å². The van der Waals surface area contributed by atoms with Crippen molar-refractivity contribution in [3.8, 4) is 11.1 Å². The van der Waals surface area contributed by atoms with Crippen LogP contribution in [-0.4, -0.2) is 78.2 Å². The number of fused-ring (bicyclic) bond motifs is 2. The Hall–Kier alpha value is -4.65. The Bertz CT molecular complexity index is 1740. The second-order valence-corrected chi connectivity index (χ2v) is 12.5. The maximum atomic E-state index is 13.4. The average Bonchev–Trinajstić information content (AvgIpc) is 3.78.